The predicted octanol–water partition coefficient (Wildman–Crippen LogP) is 3.55. The largest absolute Gasteiger partial charge is 0.370 e. The van der Waals surface area contributed by atoms with Crippen molar-refractivity contribution in [1.29, 1.82) is 0 Å². The first-order valence-corrected chi connectivity index (χ1v) is 7.67. The molecule has 0 atom stereocenters. The third-order valence-corrected chi connectivity index (χ3v) is 3.70. The third-order valence-electron chi connectivity index (χ3n) is 3.29. The molecule has 6 heteroatoms. The molecule has 0 fully saturated rings. The smallest absolute Gasteiger partial charge is 0.135 e. The van der Waals surface area contributed by atoms with Crippen molar-refractivity contribution in [2.24, 2.45) is 0 Å². The Labute approximate surface area is 136 Å². The Morgan fingerprint density at radius 2 is 1.95 bits per heavy atom. The molecule has 0 bridgehead atoms. The second kappa shape index (κ2) is 7.96. The third kappa shape index (κ3) is 4.86. The zero-order chi connectivity index (χ0) is 15.9. The second-order valence-corrected chi connectivity index (χ2v) is 5.82. The Hall–Kier alpha value is -1.85. The van der Waals surface area contributed by atoms with Crippen LogP contribution < -0.4 is 10.6 Å². The minimum atomic E-state index is 0.737. The summed E-state index contributed by atoms with van der Waals surface area (Å²) in [5.74, 6) is 1.56. The van der Waals surface area contributed by atoms with Gasteiger partial charge in [-0.05, 0) is 51.7 Å². The standard InChI is InChI=1S/C16H22ClN5/c1-12-13(17)6-4-7-14(12)21-16-10-15(19-11-20-16)18-8-5-9-22(2)3/h4,6-7,10-11H,5,8-9H2,1-3H3,(H2,18,19,20,21). The van der Waals surface area contributed by atoms with Crippen LogP contribution >= 0.6 is 11.6 Å². The van der Waals surface area contributed by atoms with Crippen molar-refractivity contribution in [3.05, 3.63) is 41.2 Å². The van der Waals surface area contributed by atoms with E-state index in [1.165, 1.54) is 0 Å². The average molecular weight is 320 g/mol. The molecule has 0 spiro atoms. The first-order chi connectivity index (χ1) is 10.6. The van der Waals surface area contributed by atoms with E-state index in [1.54, 1.807) is 6.33 Å². The molecular formula is C16H22ClN5. The quantitative estimate of drug-likeness (QED) is 0.764. The molecule has 0 aliphatic heterocycles. The van der Waals surface area contributed by atoms with Gasteiger partial charge in [0, 0.05) is 23.3 Å². The van der Waals surface area contributed by atoms with E-state index in [-0.39, 0.29) is 0 Å². The highest BCUT2D eigenvalue weighted by molar-refractivity contribution is 6.31. The second-order valence-electron chi connectivity index (χ2n) is 5.41. The van der Waals surface area contributed by atoms with Gasteiger partial charge in [0.2, 0.25) is 0 Å². The number of hydrogen-bond donors (Lipinski definition) is 2. The lowest BCUT2D eigenvalue weighted by Gasteiger charge is -2.12. The molecule has 1 heterocycles. The van der Waals surface area contributed by atoms with Crippen molar-refractivity contribution in [2.75, 3.05) is 37.8 Å². The van der Waals surface area contributed by atoms with Gasteiger partial charge in [-0.15, -0.1) is 0 Å². The van der Waals surface area contributed by atoms with Crippen LogP contribution in [0.4, 0.5) is 17.3 Å². The molecule has 0 radical (unpaired) electrons. The Morgan fingerprint density at radius 3 is 2.73 bits per heavy atom. The summed E-state index contributed by atoms with van der Waals surface area (Å²) in [5.41, 5.74) is 1.95. The molecule has 0 amide bonds. The van der Waals surface area contributed by atoms with Gasteiger partial charge in [-0.3, -0.25) is 0 Å². The van der Waals surface area contributed by atoms with Gasteiger partial charge in [0.15, 0.2) is 0 Å². The van der Waals surface area contributed by atoms with E-state index in [0.717, 1.165) is 47.4 Å². The van der Waals surface area contributed by atoms with E-state index in [9.17, 15) is 0 Å². The summed E-state index contributed by atoms with van der Waals surface area (Å²) in [4.78, 5) is 10.6. The lowest BCUT2D eigenvalue weighted by molar-refractivity contribution is 0.405. The summed E-state index contributed by atoms with van der Waals surface area (Å²) >= 11 is 6.13. The van der Waals surface area contributed by atoms with Crippen molar-refractivity contribution in [3.8, 4) is 0 Å². The predicted molar refractivity (Wildman–Crippen MR) is 93.2 cm³/mol. The molecule has 118 valence electrons. The summed E-state index contributed by atoms with van der Waals surface area (Å²) in [7, 11) is 4.14. The van der Waals surface area contributed by atoms with Gasteiger partial charge in [-0.1, -0.05) is 17.7 Å². The van der Waals surface area contributed by atoms with E-state index in [2.05, 4.69) is 39.6 Å². The van der Waals surface area contributed by atoms with Crippen LogP contribution in [0.5, 0.6) is 0 Å². The lowest BCUT2D eigenvalue weighted by Crippen LogP contribution is -2.16. The molecule has 0 unspecified atom stereocenters. The number of halogens is 1. The van der Waals surface area contributed by atoms with E-state index >= 15 is 0 Å². The van der Waals surface area contributed by atoms with Gasteiger partial charge in [-0.25, -0.2) is 9.97 Å². The molecule has 2 aromatic rings. The molecule has 22 heavy (non-hydrogen) atoms. The molecule has 0 aliphatic rings. The van der Waals surface area contributed by atoms with E-state index in [4.69, 9.17) is 11.6 Å². The van der Waals surface area contributed by atoms with Crippen molar-refractivity contribution in [1.82, 2.24) is 14.9 Å². The summed E-state index contributed by atoms with van der Waals surface area (Å²) in [6.07, 6.45) is 2.61. The molecule has 5 nitrogen and oxygen atoms in total. The van der Waals surface area contributed by atoms with Crippen molar-refractivity contribution >= 4 is 28.9 Å². The first kappa shape index (κ1) is 16.5. The van der Waals surface area contributed by atoms with Gasteiger partial charge in [-0.2, -0.15) is 0 Å². The number of nitrogens with zero attached hydrogens (tertiary/aromatic N) is 3. The maximum atomic E-state index is 6.13. The van der Waals surface area contributed by atoms with Crippen LogP contribution in [0.1, 0.15) is 12.0 Å². The minimum absolute atomic E-state index is 0.737. The number of aromatic nitrogens is 2. The molecule has 0 saturated carbocycles. The number of nitrogens with one attached hydrogen (secondary N) is 2. The zero-order valence-corrected chi connectivity index (χ0v) is 14.0. The van der Waals surface area contributed by atoms with Crippen molar-refractivity contribution in [3.63, 3.8) is 0 Å². The highest BCUT2D eigenvalue weighted by Crippen LogP contribution is 2.25. The molecule has 2 rings (SSSR count). The molecule has 2 N–H and O–H groups in total. The molecule has 1 aromatic carbocycles. The monoisotopic (exact) mass is 319 g/mol. The van der Waals surface area contributed by atoms with Crippen LogP contribution in [-0.4, -0.2) is 42.1 Å². The van der Waals surface area contributed by atoms with Crippen molar-refractivity contribution < 1.29 is 0 Å². The molecule has 0 aliphatic carbocycles. The Balaban J connectivity index is 1.98. The zero-order valence-electron chi connectivity index (χ0n) is 13.2. The first-order valence-electron chi connectivity index (χ1n) is 7.29. The van der Waals surface area contributed by atoms with Crippen LogP contribution in [-0.2, 0) is 0 Å². The van der Waals surface area contributed by atoms with Gasteiger partial charge in [0.25, 0.3) is 0 Å². The Morgan fingerprint density at radius 1 is 1.18 bits per heavy atom. The fraction of sp³-hybridized carbons (Fsp3) is 0.375. The van der Waals surface area contributed by atoms with Gasteiger partial charge in [0.05, 0.1) is 0 Å². The number of benzene rings is 1. The van der Waals surface area contributed by atoms with Crippen LogP contribution in [0.3, 0.4) is 0 Å². The van der Waals surface area contributed by atoms with Gasteiger partial charge >= 0.3 is 0 Å². The average Bonchev–Trinajstić information content (AvgIpc) is 2.49. The molecular weight excluding hydrogens is 298 g/mol. The summed E-state index contributed by atoms with van der Waals surface area (Å²) in [5, 5.41) is 7.32. The van der Waals surface area contributed by atoms with Crippen LogP contribution in [0, 0.1) is 6.92 Å². The fourth-order valence-electron chi connectivity index (χ4n) is 2.01. The fourth-order valence-corrected chi connectivity index (χ4v) is 2.19. The highest BCUT2D eigenvalue weighted by atomic mass is 35.5. The van der Waals surface area contributed by atoms with Gasteiger partial charge < -0.3 is 15.5 Å². The minimum Gasteiger partial charge on any atom is -0.370 e. The van der Waals surface area contributed by atoms with Crippen LogP contribution in [0.25, 0.3) is 0 Å². The normalized spacial score (nSPS) is 10.8. The maximum absolute atomic E-state index is 6.13. The number of rotatable bonds is 7. The molecule has 0 saturated heterocycles. The van der Waals surface area contributed by atoms with E-state index < -0.39 is 0 Å². The SMILES string of the molecule is Cc1c(Cl)cccc1Nc1cc(NCCCN(C)C)ncn1. The van der Waals surface area contributed by atoms with Crippen LogP contribution in [0.2, 0.25) is 5.02 Å². The number of hydrogen-bond acceptors (Lipinski definition) is 5. The summed E-state index contributed by atoms with van der Waals surface area (Å²) < 4.78 is 0. The molecule has 1 aromatic heterocycles. The maximum Gasteiger partial charge on any atom is 0.135 e. The summed E-state index contributed by atoms with van der Waals surface area (Å²) in [6.45, 7) is 3.90. The number of anilines is 3. The van der Waals surface area contributed by atoms with E-state index in [1.807, 2.05) is 31.2 Å². The summed E-state index contributed by atoms with van der Waals surface area (Å²) in [6, 6.07) is 7.67. The van der Waals surface area contributed by atoms with Gasteiger partial charge in [0.1, 0.15) is 18.0 Å². The topological polar surface area (TPSA) is 53.1 Å². The van der Waals surface area contributed by atoms with E-state index in [0.29, 0.717) is 0 Å². The van der Waals surface area contributed by atoms with Crippen molar-refractivity contribution in [2.45, 2.75) is 13.3 Å². The van der Waals surface area contributed by atoms with Crippen LogP contribution in [0.15, 0.2) is 30.6 Å². The Bertz CT molecular complexity index is 615. The highest BCUT2D eigenvalue weighted by Gasteiger charge is 2.04. The Kier molecular flexibility index (Phi) is 5.98. The lowest BCUT2D eigenvalue weighted by atomic mass is 10.2.